The van der Waals surface area contributed by atoms with E-state index in [1.807, 2.05) is 53.4 Å². The summed E-state index contributed by atoms with van der Waals surface area (Å²) < 4.78 is 1.29. The first-order valence-electron chi connectivity index (χ1n) is 10.3. The molecule has 2 aromatic carbocycles. The van der Waals surface area contributed by atoms with Crippen molar-refractivity contribution >= 4 is 34.1 Å². The highest BCUT2D eigenvalue weighted by atomic mass is 35.5. The molecule has 0 saturated carbocycles. The number of benzene rings is 2. The number of amides is 1. The molecular formula is C24H20ClN5O2. The third-order valence-corrected chi connectivity index (χ3v) is 5.98. The molecule has 1 aliphatic rings. The summed E-state index contributed by atoms with van der Waals surface area (Å²) in [5.74, 6) is -0.0980. The van der Waals surface area contributed by atoms with Crippen LogP contribution in [0.4, 0.5) is 5.69 Å². The molecule has 1 fully saturated rings. The van der Waals surface area contributed by atoms with Gasteiger partial charge in [-0.05, 0) is 24.3 Å². The molecular weight excluding hydrogens is 426 g/mol. The van der Waals surface area contributed by atoms with Crippen molar-refractivity contribution in [2.45, 2.75) is 0 Å². The second-order valence-electron chi connectivity index (χ2n) is 7.56. The van der Waals surface area contributed by atoms with Gasteiger partial charge in [0, 0.05) is 31.6 Å². The highest BCUT2D eigenvalue weighted by Gasteiger charge is 2.25. The minimum Gasteiger partial charge on any atom is -0.365 e. The number of rotatable bonds is 3. The summed E-state index contributed by atoms with van der Waals surface area (Å²) in [6.45, 7) is 2.11. The second-order valence-corrected chi connectivity index (χ2v) is 7.94. The van der Waals surface area contributed by atoms with E-state index < -0.39 is 0 Å². The van der Waals surface area contributed by atoms with Crippen LogP contribution in [-0.2, 0) is 0 Å². The molecule has 1 aliphatic heterocycles. The van der Waals surface area contributed by atoms with Crippen molar-refractivity contribution < 1.29 is 4.79 Å². The Balaban J connectivity index is 1.31. The van der Waals surface area contributed by atoms with Crippen LogP contribution in [0.2, 0.25) is 5.02 Å². The molecule has 2 aromatic heterocycles. The Hall–Kier alpha value is -3.71. The number of piperazine rings is 1. The van der Waals surface area contributed by atoms with Gasteiger partial charge in [0.05, 0.1) is 23.1 Å². The zero-order valence-corrected chi connectivity index (χ0v) is 17.9. The Morgan fingerprint density at radius 2 is 1.59 bits per heavy atom. The molecule has 0 N–H and O–H groups in total. The van der Waals surface area contributed by atoms with Crippen molar-refractivity contribution in [3.05, 3.63) is 94.0 Å². The topological polar surface area (TPSA) is 71.3 Å². The molecule has 1 amide bonds. The molecule has 0 aliphatic carbocycles. The van der Waals surface area contributed by atoms with Crippen LogP contribution >= 0.6 is 11.6 Å². The molecule has 7 nitrogen and oxygen atoms in total. The van der Waals surface area contributed by atoms with E-state index in [0.717, 1.165) is 10.9 Å². The zero-order chi connectivity index (χ0) is 22.1. The molecule has 0 radical (unpaired) electrons. The summed E-state index contributed by atoms with van der Waals surface area (Å²) in [6.07, 6.45) is 1.61. The Kier molecular flexibility index (Phi) is 5.33. The largest absolute Gasteiger partial charge is 0.365 e. The number of para-hydroxylation sites is 2. The number of pyridine rings is 1. The van der Waals surface area contributed by atoms with Crippen LogP contribution in [0.3, 0.4) is 0 Å². The fraction of sp³-hybridized carbons (Fsp3) is 0.167. The number of aromatic nitrogens is 3. The Morgan fingerprint density at radius 3 is 2.38 bits per heavy atom. The molecule has 0 spiro atoms. The fourth-order valence-corrected chi connectivity index (χ4v) is 4.14. The monoisotopic (exact) mass is 445 g/mol. The van der Waals surface area contributed by atoms with E-state index in [4.69, 9.17) is 11.6 Å². The lowest BCUT2D eigenvalue weighted by Crippen LogP contribution is -2.49. The maximum atomic E-state index is 13.0. The molecule has 3 heterocycles. The Bertz CT molecular complexity index is 1350. The van der Waals surface area contributed by atoms with Crippen LogP contribution in [-0.4, -0.2) is 51.8 Å². The van der Waals surface area contributed by atoms with Crippen molar-refractivity contribution in [1.82, 2.24) is 19.7 Å². The molecule has 5 rings (SSSR count). The van der Waals surface area contributed by atoms with Gasteiger partial charge in [-0.15, -0.1) is 0 Å². The molecule has 8 heteroatoms. The summed E-state index contributed by atoms with van der Waals surface area (Å²) in [6, 6.07) is 20.6. The smallest absolute Gasteiger partial charge is 0.292 e. The molecule has 32 heavy (non-hydrogen) atoms. The third-order valence-electron chi connectivity index (χ3n) is 5.63. The minimum atomic E-state index is -0.366. The van der Waals surface area contributed by atoms with Crippen molar-refractivity contribution in [2.24, 2.45) is 0 Å². The summed E-state index contributed by atoms with van der Waals surface area (Å²) in [4.78, 5) is 34.0. The van der Waals surface area contributed by atoms with Crippen LogP contribution in [0.15, 0.2) is 77.7 Å². The maximum absolute atomic E-state index is 13.0. The maximum Gasteiger partial charge on any atom is 0.292 e. The quantitative estimate of drug-likeness (QED) is 0.483. The van der Waals surface area contributed by atoms with Crippen molar-refractivity contribution in [3.8, 4) is 5.69 Å². The highest BCUT2D eigenvalue weighted by Crippen LogP contribution is 2.23. The average molecular weight is 446 g/mol. The molecule has 160 valence electrons. The van der Waals surface area contributed by atoms with Crippen molar-refractivity contribution in [3.63, 3.8) is 0 Å². The van der Waals surface area contributed by atoms with Gasteiger partial charge >= 0.3 is 0 Å². The first-order chi connectivity index (χ1) is 15.6. The number of hydrogen-bond donors (Lipinski definition) is 0. The predicted octanol–water partition coefficient (Wildman–Crippen LogP) is 3.40. The van der Waals surface area contributed by atoms with E-state index in [9.17, 15) is 9.59 Å². The molecule has 0 unspecified atom stereocenters. The minimum absolute atomic E-state index is 0.0980. The van der Waals surface area contributed by atoms with Gasteiger partial charge in [0.25, 0.3) is 11.5 Å². The van der Waals surface area contributed by atoms with E-state index in [-0.39, 0.29) is 16.5 Å². The number of hydrogen-bond acceptors (Lipinski definition) is 5. The molecule has 0 atom stereocenters. The van der Waals surface area contributed by atoms with Gasteiger partial charge in [0.15, 0.2) is 0 Å². The van der Waals surface area contributed by atoms with Crippen LogP contribution < -0.4 is 10.5 Å². The van der Waals surface area contributed by atoms with Crippen LogP contribution in [0.25, 0.3) is 16.6 Å². The van der Waals surface area contributed by atoms with E-state index in [1.54, 1.807) is 29.3 Å². The lowest BCUT2D eigenvalue weighted by molar-refractivity contribution is 0.0741. The number of halogens is 1. The van der Waals surface area contributed by atoms with Crippen LogP contribution in [0, 0.1) is 0 Å². The predicted molar refractivity (Wildman–Crippen MR) is 125 cm³/mol. The number of carbonyl (C=O) groups excluding carboxylic acids is 1. The van der Waals surface area contributed by atoms with E-state index >= 15 is 0 Å². The van der Waals surface area contributed by atoms with Crippen molar-refractivity contribution in [2.75, 3.05) is 31.1 Å². The van der Waals surface area contributed by atoms with Gasteiger partial charge in [-0.2, -0.15) is 9.78 Å². The molecule has 0 bridgehead atoms. The van der Waals surface area contributed by atoms with Crippen LogP contribution in [0.5, 0.6) is 0 Å². The molecule has 1 saturated heterocycles. The van der Waals surface area contributed by atoms with E-state index in [1.165, 1.54) is 4.68 Å². The third kappa shape index (κ3) is 3.71. The van der Waals surface area contributed by atoms with E-state index in [0.29, 0.717) is 43.2 Å². The second kappa shape index (κ2) is 8.43. The SMILES string of the molecule is O=C(c1ccc2ccccc2n1)N1CCN(c2cnn(-c3ccccc3)c(=O)c2Cl)CC1. The van der Waals surface area contributed by atoms with Gasteiger partial charge in [-0.3, -0.25) is 9.59 Å². The van der Waals surface area contributed by atoms with Crippen molar-refractivity contribution in [1.29, 1.82) is 0 Å². The molecule has 4 aromatic rings. The first kappa shape index (κ1) is 20.2. The summed E-state index contributed by atoms with van der Waals surface area (Å²) in [5.41, 5.74) is 2.11. The number of carbonyl (C=O) groups is 1. The van der Waals surface area contributed by atoms with Gasteiger partial charge < -0.3 is 9.80 Å². The summed E-state index contributed by atoms with van der Waals surface area (Å²) in [5, 5.41) is 5.43. The lowest BCUT2D eigenvalue weighted by atomic mass is 10.2. The lowest BCUT2D eigenvalue weighted by Gasteiger charge is -2.36. The number of nitrogens with zero attached hydrogens (tertiary/aromatic N) is 5. The van der Waals surface area contributed by atoms with E-state index in [2.05, 4.69) is 10.1 Å². The highest BCUT2D eigenvalue weighted by molar-refractivity contribution is 6.33. The fourth-order valence-electron chi connectivity index (χ4n) is 3.90. The summed E-state index contributed by atoms with van der Waals surface area (Å²) >= 11 is 6.43. The number of fused-ring (bicyclic) bond motifs is 1. The zero-order valence-electron chi connectivity index (χ0n) is 17.2. The Labute approximate surface area is 189 Å². The normalized spacial score (nSPS) is 14.0. The first-order valence-corrected chi connectivity index (χ1v) is 10.7. The van der Waals surface area contributed by atoms with Gasteiger partial charge in [-0.1, -0.05) is 54.1 Å². The van der Waals surface area contributed by atoms with Gasteiger partial charge in [-0.25, -0.2) is 4.98 Å². The standard InChI is InChI=1S/C24H20ClN5O2/c25-22-21(16-26-30(24(22)32)18-7-2-1-3-8-18)28-12-14-29(15-13-28)23(31)20-11-10-17-6-4-5-9-19(17)27-20/h1-11,16H,12-15H2. The average Bonchev–Trinajstić information content (AvgIpc) is 2.85. The van der Waals surface area contributed by atoms with Gasteiger partial charge in [0.1, 0.15) is 10.7 Å². The van der Waals surface area contributed by atoms with Crippen LogP contribution in [0.1, 0.15) is 10.5 Å². The summed E-state index contributed by atoms with van der Waals surface area (Å²) in [7, 11) is 0. The Morgan fingerprint density at radius 1 is 0.875 bits per heavy atom. The van der Waals surface area contributed by atoms with Gasteiger partial charge in [0.2, 0.25) is 0 Å². The number of anilines is 1.